The number of ether oxygens (including phenoxy) is 4. The van der Waals surface area contributed by atoms with Crippen molar-refractivity contribution < 1.29 is 28.5 Å². The molecule has 0 amide bonds. The predicted octanol–water partition coefficient (Wildman–Crippen LogP) is 2.75. The Labute approximate surface area is 150 Å². The SMILES string of the molecule is COC1=C(OC)C(=O)C([Si](C)(C)C)=C(C(C)OC2CCCCO2)C1=O. The summed E-state index contributed by atoms with van der Waals surface area (Å²) in [5.74, 6) is -0.674. The molecule has 0 aromatic carbocycles. The van der Waals surface area contributed by atoms with E-state index in [1.54, 1.807) is 6.92 Å². The van der Waals surface area contributed by atoms with Crippen LogP contribution in [0, 0.1) is 0 Å². The predicted molar refractivity (Wildman–Crippen MR) is 95.6 cm³/mol. The van der Waals surface area contributed by atoms with Gasteiger partial charge in [-0.15, -0.1) is 0 Å². The van der Waals surface area contributed by atoms with Crippen LogP contribution in [0.1, 0.15) is 26.2 Å². The largest absolute Gasteiger partial charge is 0.490 e. The van der Waals surface area contributed by atoms with Crippen LogP contribution in [0.3, 0.4) is 0 Å². The maximum absolute atomic E-state index is 13.0. The van der Waals surface area contributed by atoms with Crippen LogP contribution in [0.25, 0.3) is 0 Å². The molecular formula is C18H28O6Si. The molecule has 1 aliphatic heterocycles. The first-order chi connectivity index (χ1) is 11.7. The fourth-order valence-corrected chi connectivity index (χ4v) is 5.21. The molecule has 140 valence electrons. The van der Waals surface area contributed by atoms with Gasteiger partial charge in [-0.2, -0.15) is 0 Å². The van der Waals surface area contributed by atoms with E-state index in [0.29, 0.717) is 17.4 Å². The third-order valence-corrected chi connectivity index (χ3v) is 6.41. The number of rotatable bonds is 6. The number of Topliss-reactive ketones (excluding diaryl/α,β-unsaturated/α-hetero) is 2. The quantitative estimate of drug-likeness (QED) is 0.530. The number of ketones is 2. The van der Waals surface area contributed by atoms with E-state index >= 15 is 0 Å². The van der Waals surface area contributed by atoms with Crippen molar-refractivity contribution in [2.24, 2.45) is 0 Å². The second kappa shape index (κ2) is 7.84. The van der Waals surface area contributed by atoms with Gasteiger partial charge in [0, 0.05) is 12.2 Å². The zero-order valence-corrected chi connectivity index (χ0v) is 16.9. The molecule has 0 aromatic heterocycles. The Kier molecular flexibility index (Phi) is 6.24. The summed E-state index contributed by atoms with van der Waals surface area (Å²) in [6.07, 6.45) is 1.94. The summed E-state index contributed by atoms with van der Waals surface area (Å²) in [4.78, 5) is 26.0. The van der Waals surface area contributed by atoms with E-state index in [2.05, 4.69) is 0 Å². The fraction of sp³-hybridized carbons (Fsp3) is 0.667. The lowest BCUT2D eigenvalue weighted by Crippen LogP contribution is -2.41. The van der Waals surface area contributed by atoms with E-state index < -0.39 is 14.2 Å². The number of hydrogen-bond acceptors (Lipinski definition) is 6. The summed E-state index contributed by atoms with van der Waals surface area (Å²) in [5.41, 5.74) is 0.385. The van der Waals surface area contributed by atoms with E-state index in [9.17, 15) is 9.59 Å². The molecule has 1 aliphatic carbocycles. The first kappa shape index (κ1) is 19.9. The molecule has 1 fully saturated rings. The highest BCUT2D eigenvalue weighted by Gasteiger charge is 2.44. The van der Waals surface area contributed by atoms with Crippen LogP contribution in [0.4, 0.5) is 0 Å². The fourth-order valence-electron chi connectivity index (χ4n) is 3.30. The highest BCUT2D eigenvalue weighted by molar-refractivity contribution is 6.88. The molecule has 0 radical (unpaired) electrons. The Morgan fingerprint density at radius 3 is 2.12 bits per heavy atom. The summed E-state index contributed by atoms with van der Waals surface area (Å²) in [6, 6.07) is 0. The molecule has 2 rings (SSSR count). The second-order valence-electron chi connectivity index (χ2n) is 7.34. The molecule has 0 saturated carbocycles. The van der Waals surface area contributed by atoms with Crippen LogP contribution in [-0.4, -0.2) is 52.9 Å². The van der Waals surface area contributed by atoms with Gasteiger partial charge >= 0.3 is 0 Å². The standard InChI is InChI=1S/C18H28O6Si/c1-11(24-12-9-7-8-10-23-12)13-14(19)16(21-2)17(22-3)15(20)18(13)25(4,5)6/h11-12H,7-10H2,1-6H3. The van der Waals surface area contributed by atoms with Crippen LogP contribution in [0.5, 0.6) is 0 Å². The third kappa shape index (κ3) is 4.04. The lowest BCUT2D eigenvalue weighted by molar-refractivity contribution is -0.178. The Morgan fingerprint density at radius 2 is 1.64 bits per heavy atom. The zero-order valence-electron chi connectivity index (χ0n) is 15.9. The minimum atomic E-state index is -2.13. The molecule has 2 unspecified atom stereocenters. The van der Waals surface area contributed by atoms with Gasteiger partial charge in [0.05, 0.1) is 28.4 Å². The Bertz CT molecular complexity index is 608. The van der Waals surface area contributed by atoms with E-state index in [-0.39, 0.29) is 29.4 Å². The van der Waals surface area contributed by atoms with Crippen molar-refractivity contribution in [1.82, 2.24) is 0 Å². The van der Waals surface area contributed by atoms with Gasteiger partial charge in [0.1, 0.15) is 0 Å². The van der Waals surface area contributed by atoms with Gasteiger partial charge in [-0.05, 0) is 31.4 Å². The Hall–Kier alpha value is -1.44. The van der Waals surface area contributed by atoms with Gasteiger partial charge in [0.2, 0.25) is 23.1 Å². The van der Waals surface area contributed by atoms with Gasteiger partial charge in [0.15, 0.2) is 6.29 Å². The normalized spacial score (nSPS) is 23.8. The average Bonchev–Trinajstić information content (AvgIpc) is 2.55. The summed E-state index contributed by atoms with van der Waals surface area (Å²) in [6.45, 7) is 8.54. The molecule has 25 heavy (non-hydrogen) atoms. The maximum atomic E-state index is 13.0. The molecule has 2 atom stereocenters. The van der Waals surface area contributed by atoms with E-state index in [1.807, 2.05) is 19.6 Å². The lowest BCUT2D eigenvalue weighted by atomic mass is 9.95. The topological polar surface area (TPSA) is 71.1 Å². The van der Waals surface area contributed by atoms with Crippen LogP contribution in [0.2, 0.25) is 19.6 Å². The van der Waals surface area contributed by atoms with Crippen molar-refractivity contribution in [1.29, 1.82) is 0 Å². The van der Waals surface area contributed by atoms with Crippen molar-refractivity contribution in [3.05, 3.63) is 22.3 Å². The minimum Gasteiger partial charge on any atom is -0.490 e. The number of carbonyl (C=O) groups excluding carboxylic acids is 2. The molecule has 7 heteroatoms. The summed E-state index contributed by atoms with van der Waals surface area (Å²) in [7, 11) is 0.610. The summed E-state index contributed by atoms with van der Waals surface area (Å²) < 4.78 is 22.0. The van der Waals surface area contributed by atoms with Crippen molar-refractivity contribution in [2.75, 3.05) is 20.8 Å². The van der Waals surface area contributed by atoms with Gasteiger partial charge < -0.3 is 18.9 Å². The van der Waals surface area contributed by atoms with Gasteiger partial charge in [-0.25, -0.2) is 0 Å². The molecule has 0 spiro atoms. The smallest absolute Gasteiger partial charge is 0.230 e. The van der Waals surface area contributed by atoms with Crippen LogP contribution < -0.4 is 0 Å². The van der Waals surface area contributed by atoms with Crippen LogP contribution >= 0.6 is 0 Å². The number of methoxy groups -OCH3 is 2. The van der Waals surface area contributed by atoms with Crippen molar-refractivity contribution in [2.45, 2.75) is 58.2 Å². The third-order valence-electron chi connectivity index (χ3n) is 4.42. The Morgan fingerprint density at radius 1 is 1.04 bits per heavy atom. The first-order valence-corrected chi connectivity index (χ1v) is 12.2. The van der Waals surface area contributed by atoms with Gasteiger partial charge in [0.25, 0.3) is 0 Å². The highest BCUT2D eigenvalue weighted by Crippen LogP contribution is 2.34. The van der Waals surface area contributed by atoms with Crippen molar-refractivity contribution in [3.63, 3.8) is 0 Å². The molecule has 2 aliphatic rings. The van der Waals surface area contributed by atoms with E-state index in [4.69, 9.17) is 18.9 Å². The van der Waals surface area contributed by atoms with Gasteiger partial charge in [-0.3, -0.25) is 9.59 Å². The van der Waals surface area contributed by atoms with Crippen LogP contribution in [0.15, 0.2) is 22.3 Å². The number of hydrogen-bond donors (Lipinski definition) is 0. The maximum Gasteiger partial charge on any atom is 0.230 e. The first-order valence-electron chi connectivity index (χ1n) is 8.65. The minimum absolute atomic E-state index is 0.0187. The molecular weight excluding hydrogens is 340 g/mol. The van der Waals surface area contributed by atoms with Crippen molar-refractivity contribution in [3.8, 4) is 0 Å². The van der Waals surface area contributed by atoms with Gasteiger partial charge in [-0.1, -0.05) is 19.6 Å². The monoisotopic (exact) mass is 368 g/mol. The second-order valence-corrected chi connectivity index (χ2v) is 12.3. The molecule has 0 N–H and O–H groups in total. The zero-order chi connectivity index (χ0) is 18.8. The number of allylic oxidation sites excluding steroid dienone is 2. The van der Waals surface area contributed by atoms with Crippen molar-refractivity contribution >= 4 is 19.6 Å². The lowest BCUT2D eigenvalue weighted by Gasteiger charge is -2.33. The average molecular weight is 369 g/mol. The molecule has 6 nitrogen and oxygen atoms in total. The molecule has 1 saturated heterocycles. The Balaban J connectivity index is 2.44. The summed E-state index contributed by atoms with van der Waals surface area (Å²) in [5, 5.41) is 0.540. The number of carbonyl (C=O) groups is 2. The molecule has 1 heterocycles. The molecule has 0 aromatic rings. The van der Waals surface area contributed by atoms with Crippen LogP contribution in [-0.2, 0) is 28.5 Å². The summed E-state index contributed by atoms with van der Waals surface area (Å²) >= 11 is 0. The molecule has 0 bridgehead atoms. The van der Waals surface area contributed by atoms with E-state index in [0.717, 1.165) is 19.3 Å². The van der Waals surface area contributed by atoms with E-state index in [1.165, 1.54) is 14.2 Å². The highest BCUT2D eigenvalue weighted by atomic mass is 28.3.